The highest BCUT2D eigenvalue weighted by Gasteiger charge is 2.23. The number of nitrogens with one attached hydrogen (secondary N) is 1. The van der Waals surface area contributed by atoms with Crippen LogP contribution in [0.4, 0.5) is 10.2 Å². The Morgan fingerprint density at radius 3 is 2.88 bits per heavy atom. The van der Waals surface area contributed by atoms with Crippen molar-refractivity contribution in [1.82, 2.24) is 9.55 Å². The number of nitrogens with zero attached hydrogens (tertiary/aromatic N) is 2. The van der Waals surface area contributed by atoms with Gasteiger partial charge in [0, 0.05) is 0 Å². The third kappa shape index (κ3) is 3.48. The fourth-order valence-electron chi connectivity index (χ4n) is 2.47. The maximum Gasteiger partial charge on any atom is 0.352 e. The van der Waals surface area contributed by atoms with Crippen molar-refractivity contribution in [2.45, 2.75) is 12.3 Å². The van der Waals surface area contributed by atoms with Crippen LogP contribution in [0.5, 0.6) is 5.75 Å². The second kappa shape index (κ2) is 7.46. The second-order valence-corrected chi connectivity index (χ2v) is 5.41. The highest BCUT2D eigenvalue weighted by Crippen LogP contribution is 2.22. The lowest BCUT2D eigenvalue weighted by atomic mass is 10.2. The Hall–Kier alpha value is -3.04. The Morgan fingerprint density at radius 2 is 2.19 bits per heavy atom. The van der Waals surface area contributed by atoms with Gasteiger partial charge in [0.1, 0.15) is 11.9 Å². The molecule has 2 heterocycles. The minimum atomic E-state index is -0.905. The number of aliphatic hydroxyl groups excluding tert-OH is 1. The largest absolute Gasteiger partial charge is 0.496 e. The van der Waals surface area contributed by atoms with Gasteiger partial charge in [-0.25, -0.2) is 9.18 Å². The summed E-state index contributed by atoms with van der Waals surface area (Å²) in [6.45, 7) is -0.259. The van der Waals surface area contributed by atoms with Crippen molar-refractivity contribution in [1.29, 1.82) is 0 Å². The summed E-state index contributed by atoms with van der Waals surface area (Å²) in [5.41, 5.74) is -0.636. The predicted molar refractivity (Wildman–Crippen MR) is 89.5 cm³/mol. The van der Waals surface area contributed by atoms with Crippen LogP contribution in [0.2, 0.25) is 0 Å². The van der Waals surface area contributed by atoms with Crippen LogP contribution >= 0.6 is 0 Å². The summed E-state index contributed by atoms with van der Waals surface area (Å²) in [4.78, 5) is 28.0. The van der Waals surface area contributed by atoms with Gasteiger partial charge in [-0.1, -0.05) is 18.2 Å². The summed E-state index contributed by atoms with van der Waals surface area (Å²) in [5.74, 6) is -1.76. The zero-order valence-corrected chi connectivity index (χ0v) is 13.8. The fraction of sp³-hybridized carbons (Fsp3) is 0.235. The van der Waals surface area contributed by atoms with E-state index in [0.29, 0.717) is 5.75 Å². The van der Waals surface area contributed by atoms with Crippen LogP contribution in [0.1, 0.15) is 16.6 Å². The van der Waals surface area contributed by atoms with Crippen LogP contribution in [0.15, 0.2) is 47.4 Å². The van der Waals surface area contributed by atoms with E-state index in [4.69, 9.17) is 14.6 Å². The molecule has 1 aliphatic rings. The molecule has 26 heavy (non-hydrogen) atoms. The van der Waals surface area contributed by atoms with Gasteiger partial charge in [0.05, 0.1) is 25.5 Å². The third-order valence-corrected chi connectivity index (χ3v) is 3.75. The number of hydrogen-bond acceptors (Lipinski definition) is 6. The minimum Gasteiger partial charge on any atom is -0.496 e. The van der Waals surface area contributed by atoms with Crippen LogP contribution in [0.3, 0.4) is 0 Å². The summed E-state index contributed by atoms with van der Waals surface area (Å²) in [6.07, 6.45) is 2.52. The molecule has 0 bridgehead atoms. The van der Waals surface area contributed by atoms with Crippen LogP contribution in [-0.4, -0.2) is 40.4 Å². The standard InChI is InChI=1S/C17H16FN3O5/c1-25-13-5-3-2-4-11(13)16(23)19-15-12(18)8-21(17(24)20-15)14-7-6-10(9-22)26-14/h2-8,10,14,22H,9H2,1H3,(H,19,20,23,24)/t10-,14+/m0/s1. The number of halogens is 1. The topological polar surface area (TPSA) is 103 Å². The first-order chi connectivity index (χ1) is 12.5. The molecule has 0 saturated heterocycles. The van der Waals surface area contributed by atoms with E-state index in [1.54, 1.807) is 24.3 Å². The Balaban J connectivity index is 1.84. The van der Waals surface area contributed by atoms with Gasteiger partial charge in [0.2, 0.25) is 0 Å². The number of para-hydroxylation sites is 1. The zero-order valence-electron chi connectivity index (χ0n) is 13.8. The first-order valence-electron chi connectivity index (χ1n) is 7.71. The van der Waals surface area contributed by atoms with Crippen LogP contribution in [0.25, 0.3) is 0 Å². The zero-order chi connectivity index (χ0) is 18.7. The van der Waals surface area contributed by atoms with Crippen molar-refractivity contribution in [2.24, 2.45) is 0 Å². The van der Waals surface area contributed by atoms with E-state index >= 15 is 0 Å². The molecule has 1 aromatic heterocycles. The lowest BCUT2D eigenvalue weighted by Gasteiger charge is -2.15. The van der Waals surface area contributed by atoms with Crippen molar-refractivity contribution in [3.8, 4) is 5.75 Å². The van der Waals surface area contributed by atoms with Gasteiger partial charge in [-0.2, -0.15) is 4.98 Å². The van der Waals surface area contributed by atoms with E-state index in [2.05, 4.69) is 10.3 Å². The Bertz CT molecular complexity index is 912. The van der Waals surface area contributed by atoms with Crippen molar-refractivity contribution in [3.05, 3.63) is 64.5 Å². The summed E-state index contributed by atoms with van der Waals surface area (Å²) in [7, 11) is 1.40. The number of anilines is 1. The summed E-state index contributed by atoms with van der Waals surface area (Å²) in [5, 5.41) is 11.3. The van der Waals surface area contributed by atoms with Crippen molar-refractivity contribution in [3.63, 3.8) is 0 Å². The average Bonchev–Trinajstić information content (AvgIpc) is 3.13. The van der Waals surface area contributed by atoms with Crippen molar-refractivity contribution < 1.29 is 23.8 Å². The van der Waals surface area contributed by atoms with Gasteiger partial charge < -0.3 is 19.9 Å². The molecule has 2 N–H and O–H groups in total. The summed E-state index contributed by atoms with van der Waals surface area (Å²) >= 11 is 0. The molecule has 8 nitrogen and oxygen atoms in total. The van der Waals surface area contributed by atoms with E-state index in [9.17, 15) is 14.0 Å². The molecule has 136 valence electrons. The molecule has 0 radical (unpaired) electrons. The lowest BCUT2D eigenvalue weighted by molar-refractivity contribution is -0.0106. The number of carbonyl (C=O) groups is 1. The summed E-state index contributed by atoms with van der Waals surface area (Å²) in [6, 6.07) is 6.39. The molecule has 1 aliphatic heterocycles. The lowest BCUT2D eigenvalue weighted by Crippen LogP contribution is -2.30. The molecule has 2 aromatic rings. The smallest absolute Gasteiger partial charge is 0.352 e. The molecular formula is C17H16FN3O5. The van der Waals surface area contributed by atoms with Gasteiger partial charge >= 0.3 is 5.69 Å². The Morgan fingerprint density at radius 1 is 1.42 bits per heavy atom. The maximum atomic E-state index is 14.3. The van der Waals surface area contributed by atoms with Crippen molar-refractivity contribution >= 4 is 11.7 Å². The molecule has 1 aromatic carbocycles. The number of aromatic nitrogens is 2. The van der Waals surface area contributed by atoms with Gasteiger partial charge in [0.15, 0.2) is 17.9 Å². The number of aliphatic hydroxyl groups is 1. The van der Waals surface area contributed by atoms with Crippen LogP contribution in [0, 0.1) is 5.82 Å². The SMILES string of the molecule is COc1ccccc1C(=O)Nc1nc(=O)n([C@H]2C=C[C@@H](CO)O2)cc1F. The minimum absolute atomic E-state index is 0.174. The molecule has 0 saturated carbocycles. The van der Waals surface area contributed by atoms with E-state index in [0.717, 1.165) is 10.8 Å². The monoisotopic (exact) mass is 361 g/mol. The van der Waals surface area contributed by atoms with Crippen LogP contribution in [-0.2, 0) is 4.74 Å². The first-order valence-corrected chi connectivity index (χ1v) is 7.71. The highest BCUT2D eigenvalue weighted by atomic mass is 19.1. The molecule has 0 unspecified atom stereocenters. The molecule has 2 atom stereocenters. The number of rotatable bonds is 5. The van der Waals surface area contributed by atoms with E-state index in [1.165, 1.54) is 19.3 Å². The maximum absolute atomic E-state index is 14.3. The highest BCUT2D eigenvalue weighted by molar-refractivity contribution is 6.05. The molecule has 9 heteroatoms. The number of methoxy groups -OCH3 is 1. The van der Waals surface area contributed by atoms with Gasteiger partial charge in [-0.05, 0) is 18.2 Å². The van der Waals surface area contributed by atoms with Gasteiger partial charge in [-0.15, -0.1) is 0 Å². The number of benzene rings is 1. The average molecular weight is 361 g/mol. The Kier molecular flexibility index (Phi) is 5.10. The van der Waals surface area contributed by atoms with Crippen molar-refractivity contribution in [2.75, 3.05) is 19.0 Å². The number of amides is 1. The third-order valence-electron chi connectivity index (χ3n) is 3.75. The quantitative estimate of drug-likeness (QED) is 0.773. The van der Waals surface area contributed by atoms with Gasteiger partial charge in [-0.3, -0.25) is 9.36 Å². The first kappa shape index (κ1) is 17.8. The van der Waals surface area contributed by atoms with E-state index < -0.39 is 35.6 Å². The normalized spacial score (nSPS) is 18.7. The number of carbonyl (C=O) groups excluding carboxylic acids is 1. The number of ether oxygens (including phenoxy) is 2. The van der Waals surface area contributed by atoms with Crippen LogP contribution < -0.4 is 15.7 Å². The molecule has 0 fully saturated rings. The second-order valence-electron chi connectivity index (χ2n) is 5.41. The molecule has 1 amide bonds. The Labute approximate surface area is 147 Å². The van der Waals surface area contributed by atoms with E-state index in [-0.39, 0.29) is 12.2 Å². The number of hydrogen-bond donors (Lipinski definition) is 2. The van der Waals surface area contributed by atoms with Gasteiger partial charge in [0.25, 0.3) is 5.91 Å². The molecule has 0 aliphatic carbocycles. The summed E-state index contributed by atoms with van der Waals surface area (Å²) < 4.78 is 25.7. The molecule has 3 rings (SSSR count). The predicted octanol–water partition coefficient (Wildman–Crippen LogP) is 1.09. The molecular weight excluding hydrogens is 345 g/mol. The fourth-order valence-corrected chi connectivity index (χ4v) is 2.47. The van der Waals surface area contributed by atoms with E-state index in [1.807, 2.05) is 0 Å². The molecule has 0 spiro atoms.